The van der Waals surface area contributed by atoms with Gasteiger partial charge in [-0.05, 0) is 25.1 Å². The van der Waals surface area contributed by atoms with E-state index in [1.54, 1.807) is 0 Å². The largest absolute Gasteiger partial charge is 0.354 e. The predicted octanol–water partition coefficient (Wildman–Crippen LogP) is 4.34. The Labute approximate surface area is 167 Å². The van der Waals surface area contributed by atoms with E-state index in [9.17, 15) is 0 Å². The number of anilines is 3. The molecule has 0 amide bonds. The molecule has 0 radical (unpaired) electrons. The van der Waals surface area contributed by atoms with Gasteiger partial charge in [0.25, 0.3) is 0 Å². The van der Waals surface area contributed by atoms with Crippen molar-refractivity contribution < 1.29 is 0 Å². The van der Waals surface area contributed by atoms with Gasteiger partial charge in [-0.1, -0.05) is 55.5 Å². The first-order valence-electron chi connectivity index (χ1n) is 9.97. The highest BCUT2D eigenvalue weighted by Crippen LogP contribution is 2.26. The van der Waals surface area contributed by atoms with Crippen LogP contribution in [0.4, 0.5) is 17.5 Å². The van der Waals surface area contributed by atoms with Crippen molar-refractivity contribution >= 4 is 17.5 Å². The molecule has 1 N–H and O–H groups in total. The van der Waals surface area contributed by atoms with Crippen molar-refractivity contribution in [3.05, 3.63) is 66.2 Å². The molecule has 3 aromatic rings. The number of para-hydroxylation sites is 1. The van der Waals surface area contributed by atoms with E-state index < -0.39 is 0 Å². The van der Waals surface area contributed by atoms with Gasteiger partial charge in [0.15, 0.2) is 0 Å². The Morgan fingerprint density at radius 3 is 2.32 bits per heavy atom. The van der Waals surface area contributed by atoms with Gasteiger partial charge in [0.2, 0.25) is 5.95 Å². The van der Waals surface area contributed by atoms with Gasteiger partial charge in [-0.3, -0.25) is 0 Å². The molecule has 1 saturated heterocycles. The number of rotatable bonds is 5. The SMILES string of the molecule is CCN1CCN(c2cc(-c3ccccc3)nc(Nc3ccccc3C)n2)CC1. The maximum Gasteiger partial charge on any atom is 0.229 e. The molecule has 1 aliphatic heterocycles. The first-order chi connectivity index (χ1) is 13.7. The molecule has 5 heteroatoms. The lowest BCUT2D eigenvalue weighted by Gasteiger charge is -2.35. The van der Waals surface area contributed by atoms with Crippen LogP contribution in [0.25, 0.3) is 11.3 Å². The van der Waals surface area contributed by atoms with Crippen molar-refractivity contribution in [3.8, 4) is 11.3 Å². The summed E-state index contributed by atoms with van der Waals surface area (Å²) in [6, 6.07) is 20.7. The quantitative estimate of drug-likeness (QED) is 0.721. The number of nitrogens with zero attached hydrogens (tertiary/aromatic N) is 4. The van der Waals surface area contributed by atoms with Crippen LogP contribution in [0.15, 0.2) is 60.7 Å². The molecule has 1 aromatic heterocycles. The molecule has 0 spiro atoms. The Bertz CT molecular complexity index is 917. The molecule has 0 unspecified atom stereocenters. The van der Waals surface area contributed by atoms with E-state index in [0.717, 1.165) is 55.5 Å². The van der Waals surface area contributed by atoms with E-state index in [4.69, 9.17) is 9.97 Å². The average Bonchev–Trinajstić information content (AvgIpc) is 2.76. The van der Waals surface area contributed by atoms with Gasteiger partial charge in [-0.15, -0.1) is 0 Å². The van der Waals surface area contributed by atoms with E-state index in [1.165, 1.54) is 5.56 Å². The first kappa shape index (κ1) is 18.4. The zero-order valence-electron chi connectivity index (χ0n) is 16.6. The normalized spacial score (nSPS) is 14.9. The molecule has 4 rings (SSSR count). The number of benzene rings is 2. The summed E-state index contributed by atoms with van der Waals surface area (Å²) in [7, 11) is 0. The number of hydrogen-bond donors (Lipinski definition) is 1. The Hall–Kier alpha value is -2.92. The number of hydrogen-bond acceptors (Lipinski definition) is 5. The smallest absolute Gasteiger partial charge is 0.229 e. The number of nitrogens with one attached hydrogen (secondary N) is 1. The lowest BCUT2D eigenvalue weighted by atomic mass is 10.1. The van der Waals surface area contributed by atoms with Crippen LogP contribution in [0.5, 0.6) is 0 Å². The van der Waals surface area contributed by atoms with Crippen LogP contribution in [-0.4, -0.2) is 47.6 Å². The van der Waals surface area contributed by atoms with Crippen LogP contribution in [0.2, 0.25) is 0 Å². The second-order valence-electron chi connectivity index (χ2n) is 7.16. The highest BCUT2D eigenvalue weighted by Gasteiger charge is 2.19. The van der Waals surface area contributed by atoms with Crippen molar-refractivity contribution in [1.82, 2.24) is 14.9 Å². The maximum absolute atomic E-state index is 4.86. The third-order valence-corrected chi connectivity index (χ3v) is 5.32. The van der Waals surface area contributed by atoms with Gasteiger partial charge in [0.1, 0.15) is 5.82 Å². The van der Waals surface area contributed by atoms with Gasteiger partial charge in [0.05, 0.1) is 5.69 Å². The molecule has 0 atom stereocenters. The van der Waals surface area contributed by atoms with Gasteiger partial charge in [0, 0.05) is 43.5 Å². The van der Waals surface area contributed by atoms with E-state index in [1.807, 2.05) is 30.3 Å². The molecule has 2 heterocycles. The summed E-state index contributed by atoms with van der Waals surface area (Å²) in [5, 5.41) is 3.42. The van der Waals surface area contributed by atoms with Crippen molar-refractivity contribution in [2.45, 2.75) is 13.8 Å². The van der Waals surface area contributed by atoms with Gasteiger partial charge < -0.3 is 15.1 Å². The molecule has 5 nitrogen and oxygen atoms in total. The molecule has 0 bridgehead atoms. The second kappa shape index (κ2) is 8.40. The topological polar surface area (TPSA) is 44.3 Å². The summed E-state index contributed by atoms with van der Waals surface area (Å²) in [6.07, 6.45) is 0. The molecule has 0 saturated carbocycles. The third-order valence-electron chi connectivity index (χ3n) is 5.32. The zero-order valence-corrected chi connectivity index (χ0v) is 16.6. The lowest BCUT2D eigenvalue weighted by molar-refractivity contribution is 0.270. The van der Waals surface area contributed by atoms with E-state index in [0.29, 0.717) is 5.95 Å². The summed E-state index contributed by atoms with van der Waals surface area (Å²) < 4.78 is 0. The fourth-order valence-corrected chi connectivity index (χ4v) is 3.54. The molecule has 2 aromatic carbocycles. The fourth-order valence-electron chi connectivity index (χ4n) is 3.54. The Morgan fingerprint density at radius 1 is 0.893 bits per heavy atom. The Balaban J connectivity index is 1.68. The van der Waals surface area contributed by atoms with Crippen LogP contribution < -0.4 is 10.2 Å². The van der Waals surface area contributed by atoms with Crippen LogP contribution >= 0.6 is 0 Å². The molecular weight excluding hydrogens is 346 g/mol. The Morgan fingerprint density at radius 2 is 1.61 bits per heavy atom. The lowest BCUT2D eigenvalue weighted by Crippen LogP contribution is -2.46. The van der Waals surface area contributed by atoms with E-state index >= 15 is 0 Å². The minimum atomic E-state index is 0.642. The monoisotopic (exact) mass is 373 g/mol. The van der Waals surface area contributed by atoms with Crippen molar-refractivity contribution in [2.75, 3.05) is 42.9 Å². The van der Waals surface area contributed by atoms with E-state index in [2.05, 4.69) is 59.3 Å². The van der Waals surface area contributed by atoms with Gasteiger partial charge in [-0.2, -0.15) is 4.98 Å². The first-order valence-corrected chi connectivity index (χ1v) is 9.97. The van der Waals surface area contributed by atoms with Crippen molar-refractivity contribution in [2.24, 2.45) is 0 Å². The third kappa shape index (κ3) is 4.15. The Kier molecular flexibility index (Phi) is 5.53. The maximum atomic E-state index is 4.86. The number of piperazine rings is 1. The van der Waals surface area contributed by atoms with Crippen LogP contribution in [0.3, 0.4) is 0 Å². The summed E-state index contributed by atoms with van der Waals surface area (Å²) in [5.41, 5.74) is 4.26. The van der Waals surface area contributed by atoms with Gasteiger partial charge >= 0.3 is 0 Å². The van der Waals surface area contributed by atoms with Crippen LogP contribution in [-0.2, 0) is 0 Å². The zero-order chi connectivity index (χ0) is 19.3. The highest BCUT2D eigenvalue weighted by atomic mass is 15.3. The fraction of sp³-hybridized carbons (Fsp3) is 0.304. The molecule has 1 fully saturated rings. The summed E-state index contributed by atoms with van der Waals surface area (Å²) in [5.74, 6) is 1.63. The molecule has 144 valence electrons. The van der Waals surface area contributed by atoms with Crippen LogP contribution in [0.1, 0.15) is 12.5 Å². The molecule has 28 heavy (non-hydrogen) atoms. The standard InChI is InChI=1S/C23H27N5/c1-3-27-13-15-28(16-14-27)22-17-21(19-10-5-4-6-11-19)25-23(26-22)24-20-12-8-7-9-18(20)2/h4-12,17H,3,13-16H2,1-2H3,(H,24,25,26). The number of likely N-dealkylation sites (N-methyl/N-ethyl adjacent to an activating group) is 1. The van der Waals surface area contributed by atoms with Gasteiger partial charge in [-0.25, -0.2) is 4.98 Å². The van der Waals surface area contributed by atoms with Crippen LogP contribution in [0, 0.1) is 6.92 Å². The van der Waals surface area contributed by atoms with E-state index in [-0.39, 0.29) is 0 Å². The number of aromatic nitrogens is 2. The predicted molar refractivity (Wildman–Crippen MR) is 116 cm³/mol. The second-order valence-corrected chi connectivity index (χ2v) is 7.16. The summed E-state index contributed by atoms with van der Waals surface area (Å²) in [4.78, 5) is 14.5. The minimum absolute atomic E-state index is 0.642. The van der Waals surface area contributed by atoms with Crippen molar-refractivity contribution in [1.29, 1.82) is 0 Å². The molecule has 1 aliphatic rings. The number of aryl methyl sites for hydroxylation is 1. The molecular formula is C23H27N5. The highest BCUT2D eigenvalue weighted by molar-refractivity contribution is 5.67. The summed E-state index contributed by atoms with van der Waals surface area (Å²) in [6.45, 7) is 9.54. The average molecular weight is 374 g/mol. The van der Waals surface area contributed by atoms with Crippen molar-refractivity contribution in [3.63, 3.8) is 0 Å². The minimum Gasteiger partial charge on any atom is -0.354 e. The molecule has 0 aliphatic carbocycles. The summed E-state index contributed by atoms with van der Waals surface area (Å²) >= 11 is 0.